The minimum absolute atomic E-state index is 0.00554. The molecule has 10 heteroatoms. The van der Waals surface area contributed by atoms with Gasteiger partial charge in [-0.2, -0.15) is 5.26 Å². The lowest BCUT2D eigenvalue weighted by molar-refractivity contribution is 0.111. The summed E-state index contributed by atoms with van der Waals surface area (Å²) in [7, 11) is -3.33. The maximum atomic E-state index is 11.7. The summed E-state index contributed by atoms with van der Waals surface area (Å²) in [4.78, 5) is 8.82. The van der Waals surface area contributed by atoms with Crippen molar-refractivity contribution in [1.29, 1.82) is 5.26 Å². The van der Waals surface area contributed by atoms with Crippen LogP contribution in [0.2, 0.25) is 0 Å². The number of hydrogen-bond acceptors (Lipinski definition) is 6. The van der Waals surface area contributed by atoms with Gasteiger partial charge in [-0.15, -0.1) is 4.99 Å². The van der Waals surface area contributed by atoms with Gasteiger partial charge in [0.05, 0.1) is 11.8 Å². The lowest BCUT2D eigenvalue weighted by Crippen LogP contribution is -2.49. The molecule has 0 bridgehead atoms. The van der Waals surface area contributed by atoms with Crippen molar-refractivity contribution in [2.24, 2.45) is 4.99 Å². The molecule has 4 rings (SSSR count). The Hall–Kier alpha value is -3.91. The monoisotopic (exact) mass is 545 g/mol. The van der Waals surface area contributed by atoms with E-state index in [-0.39, 0.29) is 11.8 Å². The van der Waals surface area contributed by atoms with E-state index >= 15 is 0 Å². The van der Waals surface area contributed by atoms with Gasteiger partial charge < -0.3 is 10.6 Å². The number of aliphatic imine (C=N–C) groups is 1. The highest BCUT2D eigenvalue weighted by Crippen LogP contribution is 2.29. The van der Waals surface area contributed by atoms with Crippen LogP contribution in [0.25, 0.3) is 0 Å². The van der Waals surface area contributed by atoms with Crippen LogP contribution in [0.4, 0.5) is 11.4 Å². The molecular formula is C29H35N7O2S. The third-order valence-corrected chi connectivity index (χ3v) is 7.99. The lowest BCUT2D eigenvalue weighted by atomic mass is 9.96. The molecule has 1 heterocycles. The molecule has 0 radical (unpaired) electrons. The van der Waals surface area contributed by atoms with E-state index in [0.717, 1.165) is 32.7 Å². The van der Waals surface area contributed by atoms with Crippen molar-refractivity contribution in [3.63, 3.8) is 0 Å². The standard InChI is InChI=1S/C29H35N7O2S/c1-2-39(37,38)34-27-15-13-26(14-16-27)33-29(32-23-30)31-17-18-35-19-21-36(22-20-35)28(24-9-5-3-6-10-24)25-11-7-4-8-12-25/h3-16,28,34H,2,17-22H2,1H3,(H2,31,32,33). The molecule has 9 nitrogen and oxygen atoms in total. The van der Waals surface area contributed by atoms with Crippen molar-refractivity contribution in [3.05, 3.63) is 96.1 Å². The predicted octanol–water partition coefficient (Wildman–Crippen LogP) is 3.69. The molecule has 0 unspecified atom stereocenters. The van der Waals surface area contributed by atoms with Crippen LogP contribution < -0.4 is 15.4 Å². The van der Waals surface area contributed by atoms with E-state index in [0.29, 0.717) is 23.9 Å². The van der Waals surface area contributed by atoms with Crippen molar-refractivity contribution >= 4 is 27.4 Å². The number of sulfonamides is 1. The number of guanidine groups is 1. The fraction of sp³-hybridized carbons (Fsp3) is 0.310. The Morgan fingerprint density at radius 2 is 1.46 bits per heavy atom. The highest BCUT2D eigenvalue weighted by atomic mass is 32.2. The van der Waals surface area contributed by atoms with Crippen LogP contribution in [0, 0.1) is 11.5 Å². The Morgan fingerprint density at radius 1 is 0.897 bits per heavy atom. The molecule has 0 amide bonds. The highest BCUT2D eigenvalue weighted by molar-refractivity contribution is 7.92. The Labute approximate surface area is 231 Å². The van der Waals surface area contributed by atoms with E-state index in [1.54, 1.807) is 31.2 Å². The molecular weight excluding hydrogens is 510 g/mol. The van der Waals surface area contributed by atoms with Gasteiger partial charge in [0.15, 0.2) is 0 Å². The smallest absolute Gasteiger partial charge is 0.232 e. The molecule has 3 N–H and O–H groups in total. The summed E-state index contributed by atoms with van der Waals surface area (Å²) in [6.45, 7) is 6.85. The molecule has 3 aromatic rings. The third kappa shape index (κ3) is 8.29. The van der Waals surface area contributed by atoms with Crippen molar-refractivity contribution in [2.75, 3.05) is 55.1 Å². The normalized spacial score (nSPS) is 15.1. The zero-order chi connectivity index (χ0) is 27.5. The fourth-order valence-corrected chi connectivity index (χ4v) is 5.27. The van der Waals surface area contributed by atoms with Gasteiger partial charge in [0, 0.05) is 50.6 Å². The van der Waals surface area contributed by atoms with Crippen LogP contribution >= 0.6 is 0 Å². The first-order chi connectivity index (χ1) is 19.0. The second-order valence-electron chi connectivity index (χ2n) is 9.30. The number of nitrogens with zero attached hydrogens (tertiary/aromatic N) is 4. The van der Waals surface area contributed by atoms with Gasteiger partial charge in [-0.3, -0.25) is 14.5 Å². The number of piperazine rings is 1. The van der Waals surface area contributed by atoms with E-state index < -0.39 is 10.0 Å². The molecule has 3 aromatic carbocycles. The summed E-state index contributed by atoms with van der Waals surface area (Å²) >= 11 is 0. The first-order valence-corrected chi connectivity index (χ1v) is 14.8. The number of benzene rings is 3. The van der Waals surface area contributed by atoms with E-state index in [9.17, 15) is 8.42 Å². The Balaban J connectivity index is 1.28. The van der Waals surface area contributed by atoms with Crippen molar-refractivity contribution in [2.45, 2.75) is 13.0 Å². The molecule has 0 aromatic heterocycles. The average molecular weight is 546 g/mol. The van der Waals surface area contributed by atoms with Gasteiger partial charge in [0.2, 0.25) is 22.2 Å². The van der Waals surface area contributed by atoms with Crippen LogP contribution in [-0.4, -0.2) is 69.2 Å². The van der Waals surface area contributed by atoms with Crippen molar-refractivity contribution in [3.8, 4) is 6.19 Å². The topological polar surface area (TPSA) is 113 Å². The van der Waals surface area contributed by atoms with Crippen LogP contribution in [0.5, 0.6) is 0 Å². The van der Waals surface area contributed by atoms with E-state index in [1.807, 2.05) is 6.19 Å². The number of rotatable bonds is 10. The minimum Gasteiger partial charge on any atom is -0.354 e. The first-order valence-electron chi connectivity index (χ1n) is 13.1. The predicted molar refractivity (Wildman–Crippen MR) is 157 cm³/mol. The van der Waals surface area contributed by atoms with Gasteiger partial charge >= 0.3 is 0 Å². The van der Waals surface area contributed by atoms with Crippen molar-refractivity contribution in [1.82, 2.24) is 15.1 Å². The molecule has 0 atom stereocenters. The van der Waals surface area contributed by atoms with Gasteiger partial charge in [-0.25, -0.2) is 8.42 Å². The molecule has 1 aliphatic rings. The van der Waals surface area contributed by atoms with Crippen LogP contribution in [0.15, 0.2) is 89.9 Å². The van der Waals surface area contributed by atoms with Gasteiger partial charge in [0.1, 0.15) is 0 Å². The summed E-state index contributed by atoms with van der Waals surface area (Å²) in [6, 6.07) is 28.4. The maximum absolute atomic E-state index is 11.7. The van der Waals surface area contributed by atoms with Crippen molar-refractivity contribution < 1.29 is 8.42 Å². The van der Waals surface area contributed by atoms with Crippen LogP contribution in [0.3, 0.4) is 0 Å². The summed E-state index contributed by atoms with van der Waals surface area (Å²) in [5.74, 6) is 0.359. The number of hydrogen-bond donors (Lipinski definition) is 3. The Kier molecular flexibility index (Phi) is 9.91. The molecule has 1 fully saturated rings. The van der Waals surface area contributed by atoms with Crippen LogP contribution in [0.1, 0.15) is 24.1 Å². The maximum Gasteiger partial charge on any atom is 0.232 e. The van der Waals surface area contributed by atoms with Gasteiger partial charge in [-0.1, -0.05) is 60.7 Å². The van der Waals surface area contributed by atoms with E-state index in [2.05, 4.69) is 90.8 Å². The first kappa shape index (κ1) is 28.1. The Morgan fingerprint density at radius 3 is 2.00 bits per heavy atom. The van der Waals surface area contributed by atoms with Gasteiger partial charge in [-0.05, 0) is 42.3 Å². The summed E-state index contributed by atoms with van der Waals surface area (Å²) in [5, 5.41) is 15.4. The van der Waals surface area contributed by atoms with Gasteiger partial charge in [0.25, 0.3) is 0 Å². The second-order valence-corrected chi connectivity index (χ2v) is 11.3. The molecule has 1 saturated heterocycles. The number of anilines is 2. The summed E-state index contributed by atoms with van der Waals surface area (Å²) in [6.07, 6.45) is 1.83. The molecule has 0 aliphatic carbocycles. The lowest BCUT2D eigenvalue weighted by Gasteiger charge is -2.39. The number of nitriles is 1. The zero-order valence-corrected chi connectivity index (χ0v) is 22.9. The molecule has 204 valence electrons. The molecule has 0 spiro atoms. The van der Waals surface area contributed by atoms with E-state index in [1.165, 1.54) is 11.1 Å². The largest absolute Gasteiger partial charge is 0.354 e. The summed E-state index contributed by atoms with van der Waals surface area (Å²) in [5.41, 5.74) is 3.78. The summed E-state index contributed by atoms with van der Waals surface area (Å²) < 4.78 is 26.0. The third-order valence-electron chi connectivity index (χ3n) is 6.69. The van der Waals surface area contributed by atoms with E-state index in [4.69, 9.17) is 5.26 Å². The zero-order valence-electron chi connectivity index (χ0n) is 22.1. The van der Waals surface area contributed by atoms with Crippen LogP contribution in [-0.2, 0) is 10.0 Å². The fourth-order valence-electron chi connectivity index (χ4n) is 4.63. The molecule has 1 aliphatic heterocycles. The highest BCUT2D eigenvalue weighted by Gasteiger charge is 2.26. The molecule has 39 heavy (non-hydrogen) atoms. The second kappa shape index (κ2) is 13.8. The quantitative estimate of drug-likeness (QED) is 0.202. The molecule has 0 saturated carbocycles. The average Bonchev–Trinajstić information content (AvgIpc) is 2.96. The minimum atomic E-state index is -3.33. The number of nitrogens with one attached hydrogen (secondary N) is 3. The SMILES string of the molecule is CCS(=O)(=O)Nc1ccc(N/C(=N/C#N)NCCN2CCN(C(c3ccccc3)c3ccccc3)CC2)cc1. The Bertz CT molecular complexity index is 1310.